The summed E-state index contributed by atoms with van der Waals surface area (Å²) in [5.74, 6) is -1.66. The Labute approximate surface area is 131 Å². The summed E-state index contributed by atoms with van der Waals surface area (Å²) in [7, 11) is 0. The number of amides is 1. The third kappa shape index (κ3) is 3.20. The van der Waals surface area contributed by atoms with Gasteiger partial charge in [-0.15, -0.1) is 0 Å². The lowest BCUT2D eigenvalue weighted by atomic mass is 10.1. The van der Waals surface area contributed by atoms with Crippen molar-refractivity contribution < 1.29 is 14.7 Å². The Morgan fingerprint density at radius 1 is 1.33 bits per heavy atom. The van der Waals surface area contributed by atoms with Gasteiger partial charge in [0, 0.05) is 17.8 Å². The number of benzene rings is 1. The molecular formula is C14H12Cl2N2O3. The fourth-order valence-electron chi connectivity index (χ4n) is 1.94. The van der Waals surface area contributed by atoms with Gasteiger partial charge in [-0.3, -0.25) is 4.79 Å². The number of aryl methyl sites for hydroxylation is 1. The summed E-state index contributed by atoms with van der Waals surface area (Å²) in [4.78, 5) is 23.5. The van der Waals surface area contributed by atoms with Crippen LogP contribution in [0, 0.1) is 0 Å². The van der Waals surface area contributed by atoms with Crippen molar-refractivity contribution in [3.63, 3.8) is 0 Å². The average molecular weight is 327 g/mol. The van der Waals surface area contributed by atoms with E-state index in [1.165, 1.54) is 12.1 Å². The first-order valence-corrected chi connectivity index (χ1v) is 6.88. The second kappa shape index (κ2) is 6.20. The minimum Gasteiger partial charge on any atom is -0.478 e. The number of halogens is 2. The van der Waals surface area contributed by atoms with Gasteiger partial charge >= 0.3 is 5.97 Å². The fourth-order valence-corrected chi connectivity index (χ4v) is 2.48. The molecule has 0 atom stereocenters. The van der Waals surface area contributed by atoms with Crippen LogP contribution in [-0.2, 0) is 6.54 Å². The van der Waals surface area contributed by atoms with E-state index in [-0.39, 0.29) is 21.3 Å². The number of aromatic nitrogens is 1. The Morgan fingerprint density at radius 3 is 2.67 bits per heavy atom. The van der Waals surface area contributed by atoms with Gasteiger partial charge in [0.2, 0.25) is 0 Å². The Bertz CT molecular complexity index is 710. The molecule has 1 aromatic heterocycles. The van der Waals surface area contributed by atoms with Crippen LogP contribution in [0.5, 0.6) is 0 Å². The minimum atomic E-state index is -1.22. The van der Waals surface area contributed by atoms with E-state index >= 15 is 0 Å². The third-order valence-electron chi connectivity index (χ3n) is 2.93. The van der Waals surface area contributed by atoms with E-state index in [1.54, 1.807) is 22.9 Å². The zero-order valence-corrected chi connectivity index (χ0v) is 12.6. The Morgan fingerprint density at radius 2 is 2.05 bits per heavy atom. The van der Waals surface area contributed by atoms with Gasteiger partial charge in [-0.25, -0.2) is 4.79 Å². The molecule has 0 unspecified atom stereocenters. The molecule has 5 nitrogen and oxygen atoms in total. The molecule has 2 N–H and O–H groups in total. The molecule has 0 spiro atoms. The molecule has 0 saturated heterocycles. The standard InChI is InChI=1S/C14H12Cl2N2O3/c1-2-18-5-3-4-11(18)13(19)17-12-9(14(20)21)6-8(15)7-10(12)16/h3-7H,2H2,1H3,(H,17,19)(H,20,21). The van der Waals surface area contributed by atoms with Crippen LogP contribution < -0.4 is 5.32 Å². The fraction of sp³-hybridized carbons (Fsp3) is 0.143. The first kappa shape index (κ1) is 15.4. The van der Waals surface area contributed by atoms with E-state index < -0.39 is 11.9 Å². The second-order valence-electron chi connectivity index (χ2n) is 4.25. The molecule has 21 heavy (non-hydrogen) atoms. The van der Waals surface area contributed by atoms with Crippen molar-refractivity contribution in [2.45, 2.75) is 13.5 Å². The van der Waals surface area contributed by atoms with Crippen LogP contribution in [0.4, 0.5) is 5.69 Å². The minimum absolute atomic E-state index is 0.0300. The summed E-state index contributed by atoms with van der Waals surface area (Å²) in [6, 6.07) is 6.00. The molecule has 0 fully saturated rings. The maximum atomic E-state index is 12.3. The summed E-state index contributed by atoms with van der Waals surface area (Å²) in [6.45, 7) is 2.52. The SMILES string of the molecule is CCn1cccc1C(=O)Nc1c(Cl)cc(Cl)cc1C(=O)O. The van der Waals surface area contributed by atoms with Gasteiger partial charge in [0.1, 0.15) is 5.69 Å². The molecule has 0 aliphatic carbocycles. The highest BCUT2D eigenvalue weighted by Gasteiger charge is 2.19. The van der Waals surface area contributed by atoms with E-state index in [0.29, 0.717) is 12.2 Å². The van der Waals surface area contributed by atoms with Crippen LogP contribution in [0.3, 0.4) is 0 Å². The topological polar surface area (TPSA) is 71.3 Å². The molecule has 0 aliphatic heterocycles. The Kier molecular flexibility index (Phi) is 4.55. The van der Waals surface area contributed by atoms with Crippen molar-refractivity contribution >= 4 is 40.8 Å². The predicted molar refractivity (Wildman–Crippen MR) is 81.5 cm³/mol. The van der Waals surface area contributed by atoms with Gasteiger partial charge in [0.15, 0.2) is 0 Å². The number of carbonyl (C=O) groups is 2. The molecule has 1 aromatic carbocycles. The normalized spacial score (nSPS) is 10.4. The predicted octanol–water partition coefficient (Wildman–Crippen LogP) is 3.77. The van der Waals surface area contributed by atoms with Crippen LogP contribution >= 0.6 is 23.2 Å². The van der Waals surface area contributed by atoms with Crippen molar-refractivity contribution in [1.82, 2.24) is 4.57 Å². The maximum absolute atomic E-state index is 12.3. The van der Waals surface area contributed by atoms with Gasteiger partial charge in [0.05, 0.1) is 16.3 Å². The smallest absolute Gasteiger partial charge is 0.337 e. The van der Waals surface area contributed by atoms with E-state index in [0.717, 1.165) is 0 Å². The van der Waals surface area contributed by atoms with Crippen molar-refractivity contribution in [2.75, 3.05) is 5.32 Å². The zero-order valence-electron chi connectivity index (χ0n) is 11.1. The van der Waals surface area contributed by atoms with Crippen LogP contribution in [0.2, 0.25) is 10.0 Å². The van der Waals surface area contributed by atoms with Gasteiger partial charge < -0.3 is 15.0 Å². The largest absolute Gasteiger partial charge is 0.478 e. The zero-order chi connectivity index (χ0) is 15.6. The summed E-state index contributed by atoms with van der Waals surface area (Å²) in [5, 5.41) is 12.0. The van der Waals surface area contributed by atoms with Crippen molar-refractivity contribution in [2.24, 2.45) is 0 Å². The lowest BCUT2D eigenvalue weighted by Crippen LogP contribution is -2.18. The first-order valence-electron chi connectivity index (χ1n) is 6.13. The van der Waals surface area contributed by atoms with Crippen LogP contribution in [0.1, 0.15) is 27.8 Å². The molecule has 0 radical (unpaired) electrons. The third-order valence-corrected chi connectivity index (χ3v) is 3.44. The first-order chi connectivity index (χ1) is 9.93. The van der Waals surface area contributed by atoms with Crippen molar-refractivity contribution in [3.05, 3.63) is 51.8 Å². The molecule has 1 amide bonds. The number of hydrogen-bond donors (Lipinski definition) is 2. The number of carbonyl (C=O) groups excluding carboxylic acids is 1. The molecule has 1 heterocycles. The number of rotatable bonds is 4. The van der Waals surface area contributed by atoms with Gasteiger partial charge in [0.25, 0.3) is 5.91 Å². The Hall–Kier alpha value is -1.98. The number of anilines is 1. The summed E-state index contributed by atoms with van der Waals surface area (Å²) in [6.07, 6.45) is 1.76. The molecule has 110 valence electrons. The quantitative estimate of drug-likeness (QED) is 0.898. The maximum Gasteiger partial charge on any atom is 0.337 e. The Balaban J connectivity index is 2.40. The number of carboxylic acids is 1. The number of aromatic carboxylic acids is 1. The molecule has 2 aromatic rings. The number of nitrogens with zero attached hydrogens (tertiary/aromatic N) is 1. The van der Waals surface area contributed by atoms with Crippen LogP contribution in [0.25, 0.3) is 0 Å². The van der Waals surface area contributed by atoms with E-state index in [4.69, 9.17) is 23.2 Å². The lowest BCUT2D eigenvalue weighted by molar-refractivity contribution is 0.0698. The average Bonchev–Trinajstić information content (AvgIpc) is 2.89. The van der Waals surface area contributed by atoms with E-state index in [1.807, 2.05) is 6.92 Å². The second-order valence-corrected chi connectivity index (χ2v) is 5.09. The van der Waals surface area contributed by atoms with Crippen molar-refractivity contribution in [3.8, 4) is 0 Å². The van der Waals surface area contributed by atoms with Crippen LogP contribution in [0.15, 0.2) is 30.5 Å². The molecular weight excluding hydrogens is 315 g/mol. The van der Waals surface area contributed by atoms with Gasteiger partial charge in [-0.1, -0.05) is 23.2 Å². The monoisotopic (exact) mass is 326 g/mol. The molecule has 7 heteroatoms. The molecule has 0 bridgehead atoms. The van der Waals surface area contributed by atoms with E-state index in [9.17, 15) is 14.7 Å². The highest BCUT2D eigenvalue weighted by molar-refractivity contribution is 6.38. The number of nitrogens with one attached hydrogen (secondary N) is 1. The lowest BCUT2D eigenvalue weighted by Gasteiger charge is -2.12. The highest BCUT2D eigenvalue weighted by Crippen LogP contribution is 2.30. The summed E-state index contributed by atoms with van der Waals surface area (Å²) in [5.41, 5.74) is 0.290. The number of hydrogen-bond acceptors (Lipinski definition) is 2. The van der Waals surface area contributed by atoms with Crippen LogP contribution in [-0.4, -0.2) is 21.6 Å². The summed E-state index contributed by atoms with van der Waals surface area (Å²) < 4.78 is 1.74. The van der Waals surface area contributed by atoms with Gasteiger partial charge in [-0.05, 0) is 31.2 Å². The molecule has 0 aliphatic rings. The van der Waals surface area contributed by atoms with Crippen molar-refractivity contribution in [1.29, 1.82) is 0 Å². The number of carboxylic acid groups (broad SMARTS) is 1. The molecule has 2 rings (SSSR count). The molecule has 0 saturated carbocycles. The summed E-state index contributed by atoms with van der Waals surface area (Å²) >= 11 is 11.8. The van der Waals surface area contributed by atoms with E-state index in [2.05, 4.69) is 5.32 Å². The van der Waals surface area contributed by atoms with Gasteiger partial charge in [-0.2, -0.15) is 0 Å². The highest BCUT2D eigenvalue weighted by atomic mass is 35.5.